The van der Waals surface area contributed by atoms with Crippen molar-refractivity contribution in [2.45, 2.75) is 32.5 Å². The number of carbonyl (C=O) groups excluding carboxylic acids is 2. The second kappa shape index (κ2) is 7.60. The molecule has 4 nitrogen and oxygen atoms in total. The van der Waals surface area contributed by atoms with Crippen molar-refractivity contribution in [3.05, 3.63) is 53.6 Å². The van der Waals surface area contributed by atoms with E-state index in [-0.39, 0.29) is 22.4 Å². The van der Waals surface area contributed by atoms with Crippen molar-refractivity contribution in [3.8, 4) is 11.1 Å². The lowest BCUT2D eigenvalue weighted by atomic mass is 9.95. The lowest BCUT2D eigenvalue weighted by Gasteiger charge is -2.20. The number of halogens is 4. The first kappa shape index (κ1) is 20.8. The fraction of sp³-hybridized carbons (Fsp3) is 0.263. The number of hydrogen-bond donors (Lipinski definition) is 1. The number of nitrogens with one attached hydrogen (secondary N) is 1. The van der Waals surface area contributed by atoms with Gasteiger partial charge in [-0.1, -0.05) is 18.2 Å². The summed E-state index contributed by atoms with van der Waals surface area (Å²) in [5.74, 6) is 0. The van der Waals surface area contributed by atoms with Crippen LogP contribution in [0.15, 0.2) is 42.5 Å². The van der Waals surface area contributed by atoms with Gasteiger partial charge in [0.2, 0.25) is 0 Å². The van der Waals surface area contributed by atoms with Gasteiger partial charge in [-0.15, -0.1) is 0 Å². The topological polar surface area (TPSA) is 55.4 Å². The van der Waals surface area contributed by atoms with Crippen molar-refractivity contribution < 1.29 is 27.5 Å². The van der Waals surface area contributed by atoms with Gasteiger partial charge in [0.05, 0.1) is 5.56 Å². The molecule has 2 aromatic carbocycles. The third kappa shape index (κ3) is 5.47. The molecule has 0 unspecified atom stereocenters. The first-order chi connectivity index (χ1) is 12.4. The molecular formula is C19H17ClF3NO3. The molecule has 0 aromatic heterocycles. The predicted molar refractivity (Wildman–Crippen MR) is 96.9 cm³/mol. The molecule has 0 aliphatic rings. The monoisotopic (exact) mass is 399 g/mol. The fourth-order valence-electron chi connectivity index (χ4n) is 2.40. The van der Waals surface area contributed by atoms with E-state index in [1.165, 1.54) is 36.4 Å². The van der Waals surface area contributed by atoms with Crippen LogP contribution in [0, 0.1) is 0 Å². The molecule has 0 saturated carbocycles. The van der Waals surface area contributed by atoms with E-state index < -0.39 is 28.7 Å². The Morgan fingerprint density at radius 1 is 1.00 bits per heavy atom. The molecule has 2 rings (SSSR count). The van der Waals surface area contributed by atoms with Gasteiger partial charge in [-0.05, 0) is 67.8 Å². The van der Waals surface area contributed by atoms with Crippen LogP contribution >= 0.6 is 11.6 Å². The molecule has 0 heterocycles. The highest BCUT2D eigenvalue weighted by Crippen LogP contribution is 2.39. The van der Waals surface area contributed by atoms with Crippen molar-refractivity contribution >= 4 is 28.6 Å². The van der Waals surface area contributed by atoms with Crippen LogP contribution in [0.1, 0.15) is 36.7 Å². The predicted octanol–water partition coefficient (Wildman–Crippen LogP) is 6.10. The number of rotatable bonds is 3. The summed E-state index contributed by atoms with van der Waals surface area (Å²) in [7, 11) is 0. The van der Waals surface area contributed by atoms with Crippen LogP contribution in [0.4, 0.5) is 23.7 Å². The molecule has 27 heavy (non-hydrogen) atoms. The van der Waals surface area contributed by atoms with Crippen LogP contribution in [0.3, 0.4) is 0 Å². The number of hydrogen-bond acceptors (Lipinski definition) is 3. The van der Waals surface area contributed by atoms with Gasteiger partial charge in [-0.3, -0.25) is 10.1 Å². The van der Waals surface area contributed by atoms with E-state index >= 15 is 0 Å². The Labute approximate surface area is 159 Å². The van der Waals surface area contributed by atoms with Crippen molar-refractivity contribution in [2.75, 3.05) is 5.32 Å². The van der Waals surface area contributed by atoms with Crippen LogP contribution in [-0.2, 0) is 10.9 Å². The van der Waals surface area contributed by atoms with Crippen molar-refractivity contribution in [2.24, 2.45) is 0 Å². The van der Waals surface area contributed by atoms with E-state index in [4.69, 9.17) is 16.3 Å². The summed E-state index contributed by atoms with van der Waals surface area (Å²) in [6.07, 6.45) is -5.40. The molecule has 0 saturated heterocycles. The van der Waals surface area contributed by atoms with Gasteiger partial charge in [-0.2, -0.15) is 13.2 Å². The normalized spacial score (nSPS) is 11.8. The maximum Gasteiger partial charge on any atom is 0.417 e. The van der Waals surface area contributed by atoms with Gasteiger partial charge in [0.1, 0.15) is 5.60 Å². The number of amides is 1. The average molecular weight is 400 g/mol. The third-order valence-corrected chi connectivity index (χ3v) is 3.60. The highest BCUT2D eigenvalue weighted by Gasteiger charge is 2.34. The molecule has 1 amide bonds. The minimum absolute atomic E-state index is 0.0449. The largest absolute Gasteiger partial charge is 0.444 e. The minimum atomic E-state index is -4.63. The molecule has 8 heteroatoms. The second-order valence-electron chi connectivity index (χ2n) is 6.70. The smallest absolute Gasteiger partial charge is 0.417 e. The summed E-state index contributed by atoms with van der Waals surface area (Å²) < 4.78 is 45.2. The Bertz CT molecular complexity index is 873. The molecular weight excluding hydrogens is 383 g/mol. The quantitative estimate of drug-likeness (QED) is 0.634. The lowest BCUT2D eigenvalue weighted by molar-refractivity contribution is -0.137. The summed E-state index contributed by atoms with van der Waals surface area (Å²) >= 11 is 5.54. The SMILES string of the molecule is CC(C)(C)OC(=O)Nc1ccc(C(=O)Cl)c(-c2ccccc2C(F)(F)F)c1. The molecule has 0 radical (unpaired) electrons. The van der Waals surface area contributed by atoms with E-state index in [1.807, 2.05) is 0 Å². The van der Waals surface area contributed by atoms with Gasteiger partial charge in [0.25, 0.3) is 5.24 Å². The zero-order chi connectivity index (χ0) is 20.4. The Kier molecular flexibility index (Phi) is 5.85. The average Bonchev–Trinajstić information content (AvgIpc) is 2.52. The van der Waals surface area contributed by atoms with Crippen LogP contribution < -0.4 is 5.32 Å². The van der Waals surface area contributed by atoms with E-state index in [0.717, 1.165) is 6.07 Å². The number of anilines is 1. The summed E-state index contributed by atoms with van der Waals surface area (Å²) in [6, 6.07) is 8.68. The molecule has 0 atom stereocenters. The highest BCUT2D eigenvalue weighted by molar-refractivity contribution is 6.68. The molecule has 2 aromatic rings. The Balaban J connectivity index is 2.53. The van der Waals surface area contributed by atoms with Gasteiger partial charge >= 0.3 is 12.3 Å². The van der Waals surface area contributed by atoms with Crippen LogP contribution in [-0.4, -0.2) is 16.9 Å². The molecule has 0 aliphatic heterocycles. The maximum atomic E-state index is 13.4. The van der Waals surface area contributed by atoms with Crippen molar-refractivity contribution in [3.63, 3.8) is 0 Å². The molecule has 0 fully saturated rings. The van der Waals surface area contributed by atoms with Gasteiger partial charge < -0.3 is 4.74 Å². The molecule has 0 bridgehead atoms. The standard InChI is InChI=1S/C19H17ClF3NO3/c1-18(2,3)27-17(26)24-11-8-9-13(16(20)25)14(10-11)12-6-4-5-7-15(12)19(21,22)23/h4-10H,1-3H3,(H,24,26). The second-order valence-corrected chi connectivity index (χ2v) is 7.05. The zero-order valence-corrected chi connectivity index (χ0v) is 15.5. The van der Waals surface area contributed by atoms with Crippen LogP contribution in [0.2, 0.25) is 0 Å². The molecule has 1 N–H and O–H groups in total. The van der Waals surface area contributed by atoms with Gasteiger partial charge in [0, 0.05) is 11.3 Å². The highest BCUT2D eigenvalue weighted by atomic mass is 35.5. The van der Waals surface area contributed by atoms with Gasteiger partial charge in [-0.25, -0.2) is 4.79 Å². The summed E-state index contributed by atoms with van der Waals surface area (Å²) in [6.45, 7) is 5.02. The van der Waals surface area contributed by atoms with Crippen LogP contribution in [0.25, 0.3) is 11.1 Å². The summed E-state index contributed by atoms with van der Waals surface area (Å²) in [5, 5.41) is 1.52. The molecule has 144 valence electrons. The first-order valence-electron chi connectivity index (χ1n) is 7.89. The maximum absolute atomic E-state index is 13.4. The van der Waals surface area contributed by atoms with Crippen molar-refractivity contribution in [1.29, 1.82) is 0 Å². The van der Waals surface area contributed by atoms with Gasteiger partial charge in [0.15, 0.2) is 0 Å². The van der Waals surface area contributed by atoms with Crippen molar-refractivity contribution in [1.82, 2.24) is 0 Å². The number of alkyl halides is 3. The fourth-order valence-corrected chi connectivity index (χ4v) is 2.57. The Morgan fingerprint density at radius 2 is 1.63 bits per heavy atom. The van der Waals surface area contributed by atoms with Crippen LogP contribution in [0.5, 0.6) is 0 Å². The van der Waals surface area contributed by atoms with E-state index in [1.54, 1.807) is 20.8 Å². The Morgan fingerprint density at radius 3 is 2.19 bits per heavy atom. The number of benzene rings is 2. The zero-order valence-electron chi connectivity index (χ0n) is 14.8. The van der Waals surface area contributed by atoms with E-state index in [2.05, 4.69) is 5.32 Å². The number of carbonyl (C=O) groups is 2. The van der Waals surface area contributed by atoms with E-state index in [9.17, 15) is 22.8 Å². The molecule has 0 spiro atoms. The number of ether oxygens (including phenoxy) is 1. The summed E-state index contributed by atoms with van der Waals surface area (Å²) in [4.78, 5) is 23.6. The Hall–Kier alpha value is -2.54. The first-order valence-corrected chi connectivity index (χ1v) is 8.27. The minimum Gasteiger partial charge on any atom is -0.444 e. The van der Waals surface area contributed by atoms with E-state index in [0.29, 0.717) is 0 Å². The molecule has 0 aliphatic carbocycles. The third-order valence-electron chi connectivity index (χ3n) is 3.40. The lowest BCUT2D eigenvalue weighted by Crippen LogP contribution is -2.27. The summed E-state index contributed by atoms with van der Waals surface area (Å²) in [5.41, 5.74) is -1.88.